The van der Waals surface area contributed by atoms with Crippen LogP contribution in [0.15, 0.2) is 24.5 Å². The van der Waals surface area contributed by atoms with Gasteiger partial charge in [-0.3, -0.25) is 5.32 Å². The van der Waals surface area contributed by atoms with Crippen molar-refractivity contribution in [1.29, 1.82) is 0 Å². The van der Waals surface area contributed by atoms with Gasteiger partial charge in [0, 0.05) is 48.6 Å². The minimum absolute atomic E-state index is 0.00565. The topological polar surface area (TPSA) is 123 Å². The average Bonchev–Trinajstić information content (AvgIpc) is 3.29. The lowest BCUT2D eigenvalue weighted by molar-refractivity contribution is 0.107. The number of pyridine rings is 2. The van der Waals surface area contributed by atoms with Crippen LogP contribution in [0, 0.1) is 12.7 Å². The zero-order valence-corrected chi connectivity index (χ0v) is 19.1. The molecule has 3 heterocycles. The standard InChI is InChI=1S/C24H27FN6O3/c1-12-17(10-29-23-22(12)27-5-6-34-23)16-7-13-8-19(28-11-18(13)21(26)20(16)25)31-24(32)30-14-3-4-15(9-14)33-2/h7-8,10-11,14-15,27H,3-6,9,26H2,1-2H3,(H2,28,30,31,32)/t14-,15-/m1/s1. The Hall–Kier alpha value is -3.66. The summed E-state index contributed by atoms with van der Waals surface area (Å²) in [7, 11) is 1.68. The van der Waals surface area contributed by atoms with Gasteiger partial charge in [0.05, 0.1) is 11.8 Å². The van der Waals surface area contributed by atoms with Crippen molar-refractivity contribution < 1.29 is 18.7 Å². The van der Waals surface area contributed by atoms with Crippen molar-refractivity contribution in [2.45, 2.75) is 38.3 Å². The van der Waals surface area contributed by atoms with Crippen molar-refractivity contribution in [2.24, 2.45) is 0 Å². The van der Waals surface area contributed by atoms with E-state index < -0.39 is 5.82 Å². The van der Waals surface area contributed by atoms with Gasteiger partial charge in [-0.25, -0.2) is 19.2 Å². The molecule has 2 atom stereocenters. The Balaban J connectivity index is 1.44. The third-order valence-electron chi connectivity index (χ3n) is 6.53. The predicted molar refractivity (Wildman–Crippen MR) is 129 cm³/mol. The molecule has 1 aromatic carbocycles. The van der Waals surface area contributed by atoms with Crippen LogP contribution in [0.25, 0.3) is 21.9 Å². The molecule has 1 fully saturated rings. The molecule has 2 amide bonds. The number of halogens is 1. The Morgan fingerprint density at radius 1 is 1.26 bits per heavy atom. The van der Waals surface area contributed by atoms with Gasteiger partial charge in [0.15, 0.2) is 5.82 Å². The van der Waals surface area contributed by atoms with Crippen LogP contribution >= 0.6 is 0 Å². The smallest absolute Gasteiger partial charge is 0.320 e. The number of hydrogen-bond acceptors (Lipinski definition) is 7. The van der Waals surface area contributed by atoms with Gasteiger partial charge >= 0.3 is 6.03 Å². The van der Waals surface area contributed by atoms with Gasteiger partial charge in [0.25, 0.3) is 0 Å². The second-order valence-electron chi connectivity index (χ2n) is 8.66. The number of carbonyl (C=O) groups excluding carboxylic acids is 1. The fraction of sp³-hybridized carbons (Fsp3) is 0.375. The quantitative estimate of drug-likeness (QED) is 0.431. The maximum absolute atomic E-state index is 15.3. The van der Waals surface area contributed by atoms with Gasteiger partial charge in [-0.15, -0.1) is 0 Å². The summed E-state index contributed by atoms with van der Waals surface area (Å²) < 4.78 is 26.2. The van der Waals surface area contributed by atoms with E-state index in [9.17, 15) is 4.79 Å². The Kier molecular flexibility index (Phi) is 5.82. The van der Waals surface area contributed by atoms with E-state index in [0.29, 0.717) is 46.7 Å². The van der Waals surface area contributed by atoms with Gasteiger partial charge in [0.1, 0.15) is 18.1 Å². The first kappa shape index (κ1) is 22.1. The largest absolute Gasteiger partial charge is 0.474 e. The Bertz CT molecular complexity index is 1270. The molecule has 1 aliphatic heterocycles. The molecular formula is C24H27FN6O3. The minimum Gasteiger partial charge on any atom is -0.474 e. The molecule has 1 aliphatic carbocycles. The molecule has 1 saturated carbocycles. The molecule has 2 aliphatic rings. The first-order valence-corrected chi connectivity index (χ1v) is 11.3. The van der Waals surface area contributed by atoms with Crippen LogP contribution in [0.2, 0.25) is 0 Å². The maximum Gasteiger partial charge on any atom is 0.320 e. The third kappa shape index (κ3) is 4.05. The van der Waals surface area contributed by atoms with Crippen LogP contribution in [-0.4, -0.2) is 48.4 Å². The van der Waals surface area contributed by atoms with Crippen LogP contribution in [0.3, 0.4) is 0 Å². The highest BCUT2D eigenvalue weighted by Crippen LogP contribution is 2.39. The van der Waals surface area contributed by atoms with Crippen LogP contribution in [0.5, 0.6) is 5.88 Å². The highest BCUT2D eigenvalue weighted by Gasteiger charge is 2.26. The number of nitrogens with zero attached hydrogens (tertiary/aromatic N) is 2. The van der Waals surface area contributed by atoms with Crippen molar-refractivity contribution in [2.75, 3.05) is 36.6 Å². The van der Waals surface area contributed by atoms with Crippen molar-refractivity contribution >= 4 is 34.0 Å². The normalized spacial score (nSPS) is 19.3. The summed E-state index contributed by atoms with van der Waals surface area (Å²) >= 11 is 0. The summed E-state index contributed by atoms with van der Waals surface area (Å²) in [5.41, 5.74) is 8.64. The van der Waals surface area contributed by atoms with E-state index in [-0.39, 0.29) is 23.9 Å². The fourth-order valence-electron chi connectivity index (χ4n) is 4.68. The van der Waals surface area contributed by atoms with Crippen molar-refractivity contribution in [3.8, 4) is 17.0 Å². The number of nitrogens with two attached hydrogens (primary N) is 1. The molecule has 9 nitrogen and oxygen atoms in total. The van der Waals surface area contributed by atoms with Crippen LogP contribution in [0.4, 0.5) is 26.4 Å². The van der Waals surface area contributed by atoms with E-state index in [4.69, 9.17) is 15.2 Å². The molecule has 178 valence electrons. The minimum atomic E-state index is -0.539. The van der Waals surface area contributed by atoms with Crippen molar-refractivity contribution in [3.63, 3.8) is 0 Å². The molecule has 3 aromatic rings. The second-order valence-corrected chi connectivity index (χ2v) is 8.66. The molecule has 0 spiro atoms. The van der Waals surface area contributed by atoms with Gasteiger partial charge in [-0.2, -0.15) is 0 Å². The Morgan fingerprint density at radius 3 is 2.91 bits per heavy atom. The van der Waals surface area contributed by atoms with Gasteiger partial charge in [-0.1, -0.05) is 0 Å². The first-order chi connectivity index (χ1) is 16.4. The number of carbonyl (C=O) groups is 1. The molecular weight excluding hydrogens is 439 g/mol. The van der Waals surface area contributed by atoms with E-state index in [2.05, 4.69) is 25.9 Å². The number of fused-ring (bicyclic) bond motifs is 2. The molecule has 0 bridgehead atoms. The number of methoxy groups -OCH3 is 1. The number of hydrogen-bond donors (Lipinski definition) is 4. The Labute approximate surface area is 196 Å². The number of ether oxygens (including phenoxy) is 2. The first-order valence-electron chi connectivity index (χ1n) is 11.3. The van der Waals surface area contributed by atoms with Gasteiger partial charge < -0.3 is 25.8 Å². The zero-order valence-electron chi connectivity index (χ0n) is 19.1. The van der Waals surface area contributed by atoms with E-state index in [1.54, 1.807) is 25.4 Å². The molecule has 34 heavy (non-hydrogen) atoms. The summed E-state index contributed by atoms with van der Waals surface area (Å²) in [5.74, 6) is 0.310. The molecule has 2 aromatic heterocycles. The number of aromatic nitrogens is 2. The molecule has 5 N–H and O–H groups in total. The second kappa shape index (κ2) is 8.94. The third-order valence-corrected chi connectivity index (χ3v) is 6.53. The fourth-order valence-corrected chi connectivity index (χ4v) is 4.68. The highest BCUT2D eigenvalue weighted by atomic mass is 19.1. The van der Waals surface area contributed by atoms with E-state index in [1.807, 2.05) is 6.92 Å². The summed E-state index contributed by atoms with van der Waals surface area (Å²) in [6.45, 7) is 3.07. The molecule has 0 saturated heterocycles. The average molecular weight is 467 g/mol. The number of rotatable bonds is 4. The number of amides is 2. The molecule has 0 unspecified atom stereocenters. The van der Waals surface area contributed by atoms with Gasteiger partial charge in [0.2, 0.25) is 5.88 Å². The lowest BCUT2D eigenvalue weighted by Gasteiger charge is -2.22. The zero-order chi connectivity index (χ0) is 23.8. The van der Waals surface area contributed by atoms with E-state index in [0.717, 1.165) is 30.5 Å². The lowest BCUT2D eigenvalue weighted by atomic mass is 9.97. The summed E-state index contributed by atoms with van der Waals surface area (Å²) in [4.78, 5) is 21.1. The molecule has 10 heteroatoms. The van der Waals surface area contributed by atoms with Crippen molar-refractivity contribution in [1.82, 2.24) is 15.3 Å². The summed E-state index contributed by atoms with van der Waals surface area (Å²) in [6, 6.07) is 3.10. The number of benzene rings is 1. The van der Waals surface area contributed by atoms with Crippen LogP contribution in [-0.2, 0) is 4.74 Å². The van der Waals surface area contributed by atoms with Crippen LogP contribution in [0.1, 0.15) is 24.8 Å². The van der Waals surface area contributed by atoms with E-state index in [1.165, 1.54) is 6.20 Å². The van der Waals surface area contributed by atoms with Gasteiger partial charge in [-0.05, 0) is 49.3 Å². The SMILES string of the molecule is CO[C@@H]1CC[C@@H](NC(=O)Nc2cc3cc(-c4cnc5c(c4C)NCCO5)c(F)c(N)c3cn2)C1. The van der Waals surface area contributed by atoms with Crippen molar-refractivity contribution in [3.05, 3.63) is 35.9 Å². The number of urea groups is 1. The number of nitrogen functional groups attached to an aromatic ring is 1. The van der Waals surface area contributed by atoms with E-state index >= 15 is 4.39 Å². The summed E-state index contributed by atoms with van der Waals surface area (Å²) in [5, 5.41) is 10.1. The highest BCUT2D eigenvalue weighted by molar-refractivity contribution is 6.00. The lowest BCUT2D eigenvalue weighted by Crippen LogP contribution is -2.36. The van der Waals surface area contributed by atoms with Crippen LogP contribution < -0.4 is 26.4 Å². The Morgan fingerprint density at radius 2 is 2.12 bits per heavy atom. The number of nitrogens with one attached hydrogen (secondary N) is 3. The maximum atomic E-state index is 15.3. The predicted octanol–water partition coefficient (Wildman–Crippen LogP) is 3.82. The number of anilines is 3. The summed E-state index contributed by atoms with van der Waals surface area (Å²) in [6.07, 6.45) is 5.79. The monoisotopic (exact) mass is 466 g/mol. The molecule has 0 radical (unpaired) electrons. The molecule has 5 rings (SSSR count).